The van der Waals surface area contributed by atoms with Gasteiger partial charge in [-0.2, -0.15) is 0 Å². The predicted molar refractivity (Wildman–Crippen MR) is 148 cm³/mol. The van der Waals surface area contributed by atoms with E-state index in [1.54, 1.807) is 45.0 Å². The molecule has 0 aliphatic rings. The molecule has 0 saturated heterocycles. The van der Waals surface area contributed by atoms with E-state index in [4.69, 9.17) is 16.9 Å². The average Bonchev–Trinajstić information content (AvgIpc) is 2.81. The number of amides is 4. The third-order valence-electron chi connectivity index (χ3n) is 5.59. The van der Waals surface area contributed by atoms with Crippen LogP contribution in [0.1, 0.15) is 97.2 Å². The minimum atomic E-state index is -1.12. The first-order valence-electron chi connectivity index (χ1n) is 13.2. The molecule has 210 valence electrons. The van der Waals surface area contributed by atoms with Crippen molar-refractivity contribution in [1.29, 1.82) is 0 Å². The number of nitrogens with zero attached hydrogens (tertiary/aromatic N) is 1. The summed E-state index contributed by atoms with van der Waals surface area (Å²) in [6, 6.07) is 4.62. The summed E-state index contributed by atoms with van der Waals surface area (Å²) in [7, 11) is 0. The van der Waals surface area contributed by atoms with Crippen LogP contribution >= 0.6 is 0 Å². The molecule has 1 aromatic rings. The Morgan fingerprint density at radius 1 is 1.05 bits per heavy atom. The van der Waals surface area contributed by atoms with Crippen LogP contribution in [0.25, 0.3) is 0 Å². The Bertz CT molecular complexity index is 976. The van der Waals surface area contributed by atoms with Crippen LogP contribution in [0.5, 0.6) is 0 Å². The zero-order chi connectivity index (χ0) is 28.9. The van der Waals surface area contributed by atoms with Gasteiger partial charge in [0.15, 0.2) is 0 Å². The smallest absolute Gasteiger partial charge is 0.408 e. The number of benzene rings is 1. The Morgan fingerprint density at radius 2 is 1.68 bits per heavy atom. The molecule has 0 fully saturated rings. The standard InChI is InChI=1S/C29H44N4O5/c1-8-10-11-12-19-33(25(26(35)31-20(3)4)22-15-13-21(9-2)14-16-22)27(36)23(17-18-24(30)34)32-28(37)38-29(5,6)7/h2,13-16,20,23,25H,8,10-12,17-19H2,1,3-7H3,(H2,30,34)(H,31,35)(H,32,37). The van der Waals surface area contributed by atoms with Crippen LogP contribution in [0, 0.1) is 12.3 Å². The molecule has 0 radical (unpaired) electrons. The van der Waals surface area contributed by atoms with Crippen molar-refractivity contribution < 1.29 is 23.9 Å². The molecule has 0 aromatic heterocycles. The maximum atomic E-state index is 14.0. The Kier molecular flexibility index (Phi) is 13.4. The van der Waals surface area contributed by atoms with Crippen molar-refractivity contribution in [3.8, 4) is 12.3 Å². The molecular weight excluding hydrogens is 484 g/mol. The third-order valence-corrected chi connectivity index (χ3v) is 5.59. The number of hydrogen-bond acceptors (Lipinski definition) is 5. The first-order chi connectivity index (χ1) is 17.8. The van der Waals surface area contributed by atoms with Crippen LogP contribution in [-0.4, -0.2) is 52.9 Å². The maximum absolute atomic E-state index is 14.0. The Balaban J connectivity index is 3.51. The van der Waals surface area contributed by atoms with Crippen LogP contribution in [0.15, 0.2) is 24.3 Å². The van der Waals surface area contributed by atoms with Crippen LogP contribution in [-0.2, 0) is 19.1 Å². The average molecular weight is 529 g/mol. The fourth-order valence-corrected chi connectivity index (χ4v) is 3.87. The van der Waals surface area contributed by atoms with Gasteiger partial charge in [0.25, 0.3) is 0 Å². The van der Waals surface area contributed by atoms with E-state index in [-0.39, 0.29) is 31.3 Å². The molecule has 0 heterocycles. The molecule has 4 N–H and O–H groups in total. The molecule has 4 amide bonds. The van der Waals surface area contributed by atoms with Crippen molar-refractivity contribution in [3.63, 3.8) is 0 Å². The number of nitrogens with one attached hydrogen (secondary N) is 2. The summed E-state index contributed by atoms with van der Waals surface area (Å²) in [5.74, 6) is 1.09. The number of ether oxygens (including phenoxy) is 1. The van der Waals surface area contributed by atoms with Crippen LogP contribution in [0.2, 0.25) is 0 Å². The maximum Gasteiger partial charge on any atom is 0.408 e. The highest BCUT2D eigenvalue weighted by molar-refractivity contribution is 5.92. The molecule has 9 nitrogen and oxygen atoms in total. The van der Waals surface area contributed by atoms with E-state index in [1.165, 1.54) is 4.90 Å². The largest absolute Gasteiger partial charge is 0.444 e. The molecule has 0 saturated carbocycles. The molecule has 0 aliphatic carbocycles. The van der Waals surface area contributed by atoms with Crippen molar-refractivity contribution in [3.05, 3.63) is 35.4 Å². The topological polar surface area (TPSA) is 131 Å². The summed E-state index contributed by atoms with van der Waals surface area (Å²) >= 11 is 0. The van der Waals surface area contributed by atoms with Gasteiger partial charge in [-0.15, -0.1) is 6.42 Å². The number of hydrogen-bond donors (Lipinski definition) is 3. The molecule has 2 unspecified atom stereocenters. The molecule has 1 rings (SSSR count). The van der Waals surface area contributed by atoms with Gasteiger partial charge in [-0.1, -0.05) is 44.2 Å². The summed E-state index contributed by atoms with van der Waals surface area (Å²) in [6.45, 7) is 11.2. The van der Waals surface area contributed by atoms with E-state index >= 15 is 0 Å². The molecule has 9 heteroatoms. The fourth-order valence-electron chi connectivity index (χ4n) is 3.87. The van der Waals surface area contributed by atoms with Crippen LogP contribution in [0.3, 0.4) is 0 Å². The van der Waals surface area contributed by atoms with Gasteiger partial charge in [0.1, 0.15) is 17.7 Å². The summed E-state index contributed by atoms with van der Waals surface area (Å²) in [4.78, 5) is 53.2. The van der Waals surface area contributed by atoms with Crippen molar-refractivity contribution >= 4 is 23.8 Å². The summed E-state index contributed by atoms with van der Waals surface area (Å²) in [5.41, 5.74) is 5.79. The number of primary amides is 1. The van der Waals surface area contributed by atoms with E-state index in [9.17, 15) is 19.2 Å². The zero-order valence-corrected chi connectivity index (χ0v) is 23.6. The zero-order valence-electron chi connectivity index (χ0n) is 23.6. The molecule has 0 bridgehead atoms. The lowest BCUT2D eigenvalue weighted by Crippen LogP contribution is -2.54. The SMILES string of the molecule is C#Cc1ccc(C(C(=O)NC(C)C)N(CCCCCC)C(=O)C(CCC(N)=O)NC(=O)OC(C)(C)C)cc1. The van der Waals surface area contributed by atoms with Crippen molar-refractivity contribution in [2.45, 2.75) is 104 Å². The molecule has 2 atom stereocenters. The molecule has 0 spiro atoms. The highest BCUT2D eigenvalue weighted by Crippen LogP contribution is 2.25. The van der Waals surface area contributed by atoms with Gasteiger partial charge >= 0.3 is 6.09 Å². The normalized spacial score (nSPS) is 12.7. The van der Waals surface area contributed by atoms with Crippen molar-refractivity contribution in [2.75, 3.05) is 6.54 Å². The van der Waals surface area contributed by atoms with Gasteiger partial charge in [0.2, 0.25) is 17.7 Å². The first kappa shape index (κ1) is 32.5. The van der Waals surface area contributed by atoms with Gasteiger partial charge in [-0.3, -0.25) is 14.4 Å². The minimum absolute atomic E-state index is 0.0343. The van der Waals surface area contributed by atoms with Gasteiger partial charge < -0.3 is 26.0 Å². The minimum Gasteiger partial charge on any atom is -0.444 e. The number of alkyl carbamates (subject to hydrolysis) is 1. The third kappa shape index (κ3) is 11.7. The van der Waals surface area contributed by atoms with Crippen molar-refractivity contribution in [2.24, 2.45) is 5.73 Å². The van der Waals surface area contributed by atoms with Gasteiger partial charge in [-0.05, 0) is 65.2 Å². The molecule has 38 heavy (non-hydrogen) atoms. The number of nitrogens with two attached hydrogens (primary N) is 1. The second kappa shape index (κ2) is 15.7. The van der Waals surface area contributed by atoms with E-state index in [2.05, 4.69) is 23.5 Å². The fraction of sp³-hybridized carbons (Fsp3) is 0.586. The van der Waals surface area contributed by atoms with E-state index in [0.29, 0.717) is 17.5 Å². The van der Waals surface area contributed by atoms with E-state index in [1.807, 2.05) is 13.8 Å². The molecular formula is C29H44N4O5. The second-order valence-corrected chi connectivity index (χ2v) is 10.6. The number of unbranched alkanes of at least 4 members (excludes halogenated alkanes) is 3. The van der Waals surface area contributed by atoms with Crippen LogP contribution in [0.4, 0.5) is 4.79 Å². The lowest BCUT2D eigenvalue weighted by atomic mass is 9.99. The highest BCUT2D eigenvalue weighted by atomic mass is 16.6. The molecule has 0 aliphatic heterocycles. The predicted octanol–water partition coefficient (Wildman–Crippen LogP) is 3.80. The summed E-state index contributed by atoms with van der Waals surface area (Å²) < 4.78 is 5.35. The number of rotatable bonds is 14. The first-order valence-corrected chi connectivity index (χ1v) is 13.2. The molecule has 1 aromatic carbocycles. The quantitative estimate of drug-likeness (QED) is 0.250. The lowest BCUT2D eigenvalue weighted by molar-refractivity contribution is -0.143. The van der Waals surface area contributed by atoms with Crippen molar-refractivity contribution in [1.82, 2.24) is 15.5 Å². The Morgan fingerprint density at radius 3 is 2.18 bits per heavy atom. The Labute approximate surface area is 227 Å². The highest BCUT2D eigenvalue weighted by Gasteiger charge is 2.36. The van der Waals surface area contributed by atoms with Gasteiger partial charge in [0.05, 0.1) is 0 Å². The summed E-state index contributed by atoms with van der Waals surface area (Å²) in [6.07, 6.45) is 8.04. The van der Waals surface area contributed by atoms with E-state index in [0.717, 1.165) is 19.3 Å². The summed E-state index contributed by atoms with van der Waals surface area (Å²) in [5, 5.41) is 5.51. The lowest BCUT2D eigenvalue weighted by Gasteiger charge is -2.35. The number of carbonyl (C=O) groups excluding carboxylic acids is 4. The van der Waals surface area contributed by atoms with Gasteiger partial charge in [0, 0.05) is 24.6 Å². The van der Waals surface area contributed by atoms with E-state index < -0.39 is 35.6 Å². The number of terminal acetylenes is 1. The Hall–Kier alpha value is -3.54. The van der Waals surface area contributed by atoms with Crippen LogP contribution < -0.4 is 16.4 Å². The monoisotopic (exact) mass is 528 g/mol. The number of carbonyl (C=O) groups is 4. The van der Waals surface area contributed by atoms with Gasteiger partial charge in [-0.25, -0.2) is 4.79 Å². The second-order valence-electron chi connectivity index (χ2n) is 10.6.